The van der Waals surface area contributed by atoms with Crippen LogP contribution in [0.15, 0.2) is 0 Å². The normalized spacial score (nSPS) is 34.9. The molecule has 0 bridgehead atoms. The lowest BCUT2D eigenvalue weighted by molar-refractivity contribution is -0.128. The molecule has 2 rings (SSSR count). The monoisotopic (exact) mass is 226 g/mol. The fraction of sp³-hybridized carbons (Fsp3) is 0.917. The molecule has 0 aromatic rings. The first-order valence-electron chi connectivity index (χ1n) is 6.35. The minimum atomic E-state index is -0.501. The van der Waals surface area contributed by atoms with Gasteiger partial charge in [-0.2, -0.15) is 0 Å². The first kappa shape index (κ1) is 11.9. The molecule has 2 atom stereocenters. The summed E-state index contributed by atoms with van der Waals surface area (Å²) in [7, 11) is 0. The molecule has 4 heteroatoms. The van der Waals surface area contributed by atoms with Gasteiger partial charge in [0.2, 0.25) is 5.91 Å². The van der Waals surface area contributed by atoms with Crippen molar-refractivity contribution in [3.63, 3.8) is 0 Å². The van der Waals surface area contributed by atoms with E-state index in [9.17, 15) is 4.79 Å². The Morgan fingerprint density at radius 1 is 1.50 bits per heavy atom. The molecule has 2 aliphatic rings. The highest BCUT2D eigenvalue weighted by Gasteiger charge is 2.44. The predicted molar refractivity (Wildman–Crippen MR) is 62.0 cm³/mol. The van der Waals surface area contributed by atoms with Crippen LogP contribution < -0.4 is 11.1 Å². The van der Waals surface area contributed by atoms with Gasteiger partial charge in [-0.15, -0.1) is 0 Å². The Morgan fingerprint density at radius 2 is 2.25 bits per heavy atom. The van der Waals surface area contributed by atoms with Gasteiger partial charge in [0.25, 0.3) is 0 Å². The van der Waals surface area contributed by atoms with E-state index in [4.69, 9.17) is 10.5 Å². The number of nitrogens with one attached hydrogen (secondary N) is 1. The van der Waals surface area contributed by atoms with Crippen molar-refractivity contribution in [3.8, 4) is 0 Å². The van der Waals surface area contributed by atoms with Crippen LogP contribution in [0.5, 0.6) is 0 Å². The molecule has 2 fully saturated rings. The van der Waals surface area contributed by atoms with E-state index in [-0.39, 0.29) is 12.0 Å². The van der Waals surface area contributed by atoms with Crippen molar-refractivity contribution in [2.75, 3.05) is 6.61 Å². The van der Waals surface area contributed by atoms with Crippen LogP contribution in [-0.4, -0.2) is 30.2 Å². The number of primary amides is 1. The molecule has 4 nitrogen and oxygen atoms in total. The second kappa shape index (κ2) is 4.72. The number of carbonyl (C=O) groups is 1. The van der Waals surface area contributed by atoms with Crippen molar-refractivity contribution in [2.24, 2.45) is 5.73 Å². The van der Waals surface area contributed by atoms with Gasteiger partial charge >= 0.3 is 0 Å². The van der Waals surface area contributed by atoms with Crippen LogP contribution >= 0.6 is 0 Å². The molecular formula is C12H22N2O2. The third kappa shape index (κ3) is 2.55. The molecule has 0 spiro atoms. The van der Waals surface area contributed by atoms with Gasteiger partial charge in [-0.1, -0.05) is 0 Å². The standard InChI is InChI=1S/C12H22N2O2/c1-2-16-10-4-3-7-12(8-10,11(13)15)14-9-5-6-9/h9-10,14H,2-8H2,1H3,(H2,13,15). The Labute approximate surface area is 96.9 Å². The van der Waals surface area contributed by atoms with Crippen molar-refractivity contribution >= 4 is 5.91 Å². The summed E-state index contributed by atoms with van der Waals surface area (Å²) in [4.78, 5) is 11.7. The van der Waals surface area contributed by atoms with E-state index in [0.29, 0.717) is 12.6 Å². The lowest BCUT2D eigenvalue weighted by Crippen LogP contribution is -2.59. The van der Waals surface area contributed by atoms with Crippen molar-refractivity contribution in [2.45, 2.75) is 63.1 Å². The van der Waals surface area contributed by atoms with Crippen LogP contribution in [0.25, 0.3) is 0 Å². The van der Waals surface area contributed by atoms with E-state index in [0.717, 1.165) is 25.7 Å². The molecule has 16 heavy (non-hydrogen) atoms. The lowest BCUT2D eigenvalue weighted by Gasteiger charge is -2.39. The molecule has 0 heterocycles. The van der Waals surface area contributed by atoms with Gasteiger partial charge in [0.05, 0.1) is 6.10 Å². The summed E-state index contributed by atoms with van der Waals surface area (Å²) in [5, 5.41) is 3.44. The minimum Gasteiger partial charge on any atom is -0.378 e. The number of rotatable bonds is 5. The second-order valence-electron chi connectivity index (χ2n) is 5.04. The van der Waals surface area contributed by atoms with Gasteiger partial charge in [-0.25, -0.2) is 0 Å². The maximum Gasteiger partial charge on any atom is 0.237 e. The van der Waals surface area contributed by atoms with Gasteiger partial charge in [-0.3, -0.25) is 4.79 Å². The molecule has 0 aromatic heterocycles. The summed E-state index contributed by atoms with van der Waals surface area (Å²) >= 11 is 0. The van der Waals surface area contributed by atoms with Crippen molar-refractivity contribution in [3.05, 3.63) is 0 Å². The Morgan fingerprint density at radius 3 is 2.81 bits per heavy atom. The van der Waals surface area contributed by atoms with Crippen LogP contribution in [0, 0.1) is 0 Å². The van der Waals surface area contributed by atoms with E-state index >= 15 is 0 Å². The van der Waals surface area contributed by atoms with Crippen LogP contribution in [0.3, 0.4) is 0 Å². The number of hydrogen-bond acceptors (Lipinski definition) is 3. The number of nitrogens with two attached hydrogens (primary N) is 1. The molecule has 2 saturated carbocycles. The maximum absolute atomic E-state index is 11.7. The average Bonchev–Trinajstić information content (AvgIpc) is 3.02. The van der Waals surface area contributed by atoms with Crippen molar-refractivity contribution in [1.29, 1.82) is 0 Å². The third-order valence-corrected chi connectivity index (χ3v) is 3.64. The summed E-state index contributed by atoms with van der Waals surface area (Å²) in [6.07, 6.45) is 6.22. The third-order valence-electron chi connectivity index (χ3n) is 3.64. The highest BCUT2D eigenvalue weighted by molar-refractivity contribution is 5.85. The molecule has 0 saturated heterocycles. The van der Waals surface area contributed by atoms with E-state index < -0.39 is 5.54 Å². The largest absolute Gasteiger partial charge is 0.378 e. The van der Waals surface area contributed by atoms with Gasteiger partial charge < -0.3 is 15.8 Å². The van der Waals surface area contributed by atoms with E-state index in [1.54, 1.807) is 0 Å². The average molecular weight is 226 g/mol. The van der Waals surface area contributed by atoms with Crippen LogP contribution in [0.2, 0.25) is 0 Å². The van der Waals surface area contributed by atoms with Gasteiger partial charge in [0.1, 0.15) is 5.54 Å². The zero-order valence-corrected chi connectivity index (χ0v) is 10.00. The Kier molecular flexibility index (Phi) is 3.50. The molecular weight excluding hydrogens is 204 g/mol. The molecule has 3 N–H and O–H groups in total. The van der Waals surface area contributed by atoms with Crippen LogP contribution in [0.4, 0.5) is 0 Å². The highest BCUT2D eigenvalue weighted by Crippen LogP contribution is 2.33. The quantitative estimate of drug-likeness (QED) is 0.733. The zero-order chi connectivity index (χ0) is 11.6. The van der Waals surface area contributed by atoms with Gasteiger partial charge in [0.15, 0.2) is 0 Å². The van der Waals surface area contributed by atoms with E-state index in [1.807, 2.05) is 6.92 Å². The highest BCUT2D eigenvalue weighted by atomic mass is 16.5. The first-order chi connectivity index (χ1) is 7.66. The van der Waals surface area contributed by atoms with Crippen LogP contribution in [-0.2, 0) is 9.53 Å². The van der Waals surface area contributed by atoms with Crippen LogP contribution in [0.1, 0.15) is 45.4 Å². The van der Waals surface area contributed by atoms with Crippen molar-refractivity contribution in [1.82, 2.24) is 5.32 Å². The molecule has 0 aromatic carbocycles. The number of amides is 1. The van der Waals surface area contributed by atoms with Crippen molar-refractivity contribution < 1.29 is 9.53 Å². The fourth-order valence-electron chi connectivity index (χ4n) is 2.65. The minimum absolute atomic E-state index is 0.192. The Hall–Kier alpha value is -0.610. The maximum atomic E-state index is 11.7. The number of carbonyl (C=O) groups excluding carboxylic acids is 1. The summed E-state index contributed by atoms with van der Waals surface area (Å²) in [6, 6.07) is 0.507. The smallest absolute Gasteiger partial charge is 0.237 e. The molecule has 2 aliphatic carbocycles. The SMILES string of the molecule is CCOC1CCCC(NC2CC2)(C(N)=O)C1. The van der Waals surface area contributed by atoms with E-state index in [1.165, 1.54) is 12.8 Å². The molecule has 92 valence electrons. The van der Waals surface area contributed by atoms with Gasteiger partial charge in [-0.05, 0) is 39.0 Å². The molecule has 0 radical (unpaired) electrons. The van der Waals surface area contributed by atoms with E-state index in [2.05, 4.69) is 5.32 Å². The Bertz CT molecular complexity index is 264. The summed E-state index contributed by atoms with van der Waals surface area (Å²) in [6.45, 7) is 2.71. The number of ether oxygens (including phenoxy) is 1. The zero-order valence-electron chi connectivity index (χ0n) is 10.00. The molecule has 1 amide bonds. The van der Waals surface area contributed by atoms with Gasteiger partial charge in [0, 0.05) is 19.1 Å². The number of hydrogen-bond donors (Lipinski definition) is 2. The molecule has 2 unspecified atom stereocenters. The Balaban J connectivity index is 2.01. The summed E-state index contributed by atoms with van der Waals surface area (Å²) in [5.41, 5.74) is 5.08. The first-order valence-corrected chi connectivity index (χ1v) is 6.35. The topological polar surface area (TPSA) is 64.3 Å². The molecule has 0 aliphatic heterocycles. The lowest BCUT2D eigenvalue weighted by atomic mass is 9.79. The predicted octanol–water partition coefficient (Wildman–Crippen LogP) is 0.942. The second-order valence-corrected chi connectivity index (χ2v) is 5.04. The summed E-state index contributed by atoms with van der Waals surface area (Å²) in [5.74, 6) is -0.205. The summed E-state index contributed by atoms with van der Waals surface area (Å²) < 4.78 is 5.64. The fourth-order valence-corrected chi connectivity index (χ4v) is 2.65.